The third-order valence-corrected chi connectivity index (χ3v) is 3.35. The van der Waals surface area contributed by atoms with Gasteiger partial charge >= 0.3 is 5.97 Å². The van der Waals surface area contributed by atoms with E-state index in [1.165, 1.54) is 0 Å². The first-order valence-corrected chi connectivity index (χ1v) is 6.32. The summed E-state index contributed by atoms with van der Waals surface area (Å²) >= 11 is 0. The molecule has 1 N–H and O–H groups in total. The number of ketones is 1. The molecule has 1 aromatic heterocycles. The Morgan fingerprint density at radius 2 is 1.75 bits per heavy atom. The Labute approximate surface area is 114 Å². The predicted molar refractivity (Wildman–Crippen MR) is 74.7 cm³/mol. The minimum Gasteiger partial charge on any atom is -0.476 e. The average molecular weight is 268 g/mol. The Morgan fingerprint density at radius 3 is 2.55 bits per heavy atom. The summed E-state index contributed by atoms with van der Waals surface area (Å²) in [6.07, 6.45) is 0.389. The van der Waals surface area contributed by atoms with Crippen molar-refractivity contribution in [3.63, 3.8) is 0 Å². The number of carboxylic acids is 1. The molecule has 0 saturated carbocycles. The monoisotopic (exact) mass is 268 g/mol. The summed E-state index contributed by atoms with van der Waals surface area (Å²) in [4.78, 5) is 21.8. The Bertz CT molecular complexity index is 814. The van der Waals surface area contributed by atoms with Gasteiger partial charge < -0.3 is 9.52 Å². The molecule has 4 nitrogen and oxygen atoms in total. The molecule has 3 aromatic rings. The quantitative estimate of drug-likeness (QED) is 0.738. The van der Waals surface area contributed by atoms with Crippen molar-refractivity contribution in [3.8, 4) is 0 Å². The highest BCUT2D eigenvalue weighted by atomic mass is 16.4. The standard InChI is InChI=1S/C16H12O4/c17-12(16(18)19)9-8-10-4-3-7-14-15(10)11-5-1-2-6-13(11)20-14/h1-7H,8-9H2,(H,18,19). The molecule has 0 spiro atoms. The van der Waals surface area contributed by atoms with Crippen LogP contribution >= 0.6 is 0 Å². The van der Waals surface area contributed by atoms with E-state index < -0.39 is 11.8 Å². The molecule has 0 atom stereocenters. The van der Waals surface area contributed by atoms with Gasteiger partial charge in [-0.05, 0) is 24.1 Å². The van der Waals surface area contributed by atoms with Crippen LogP contribution in [0.4, 0.5) is 0 Å². The number of carboxylic acid groups (broad SMARTS) is 1. The molecule has 0 amide bonds. The molecule has 0 aliphatic carbocycles. The van der Waals surface area contributed by atoms with E-state index in [9.17, 15) is 9.59 Å². The molecule has 0 unspecified atom stereocenters. The zero-order chi connectivity index (χ0) is 14.1. The largest absolute Gasteiger partial charge is 0.476 e. The zero-order valence-corrected chi connectivity index (χ0v) is 10.6. The zero-order valence-electron chi connectivity index (χ0n) is 10.6. The predicted octanol–water partition coefficient (Wildman–Crippen LogP) is 3.17. The van der Waals surface area contributed by atoms with E-state index in [0.29, 0.717) is 6.42 Å². The van der Waals surface area contributed by atoms with Crippen LogP contribution < -0.4 is 0 Å². The van der Waals surface area contributed by atoms with Crippen LogP contribution in [0.5, 0.6) is 0 Å². The number of furan rings is 1. The first kappa shape index (κ1) is 12.4. The van der Waals surface area contributed by atoms with Crippen LogP contribution in [0.1, 0.15) is 12.0 Å². The minimum absolute atomic E-state index is 0.00600. The number of carbonyl (C=O) groups excluding carboxylic acids is 1. The fourth-order valence-corrected chi connectivity index (χ4v) is 2.41. The lowest BCUT2D eigenvalue weighted by atomic mass is 10.0. The second-order valence-corrected chi connectivity index (χ2v) is 4.62. The van der Waals surface area contributed by atoms with Crippen LogP contribution in [0.2, 0.25) is 0 Å². The van der Waals surface area contributed by atoms with Crippen LogP contribution in [-0.4, -0.2) is 16.9 Å². The van der Waals surface area contributed by atoms with Crippen LogP contribution in [0.3, 0.4) is 0 Å². The van der Waals surface area contributed by atoms with E-state index in [2.05, 4.69) is 0 Å². The first-order valence-electron chi connectivity index (χ1n) is 6.32. The smallest absolute Gasteiger partial charge is 0.372 e. The first-order chi connectivity index (χ1) is 9.66. The van der Waals surface area contributed by atoms with Crippen molar-refractivity contribution in [2.75, 3.05) is 0 Å². The third kappa shape index (κ3) is 2.05. The van der Waals surface area contributed by atoms with E-state index in [1.54, 1.807) is 0 Å². The van der Waals surface area contributed by atoms with Crippen molar-refractivity contribution in [1.82, 2.24) is 0 Å². The number of fused-ring (bicyclic) bond motifs is 3. The molecular formula is C16H12O4. The highest BCUT2D eigenvalue weighted by molar-refractivity contribution is 6.32. The lowest BCUT2D eigenvalue weighted by Gasteiger charge is -2.01. The summed E-state index contributed by atoms with van der Waals surface area (Å²) in [5, 5.41) is 10.6. The Balaban J connectivity index is 2.06. The number of hydrogen-bond acceptors (Lipinski definition) is 3. The van der Waals surface area contributed by atoms with Gasteiger partial charge in [-0.15, -0.1) is 0 Å². The minimum atomic E-state index is -1.38. The normalized spacial score (nSPS) is 11.0. The molecule has 0 fully saturated rings. The molecule has 0 bridgehead atoms. The molecule has 0 aliphatic rings. The maximum Gasteiger partial charge on any atom is 0.372 e. The topological polar surface area (TPSA) is 67.5 Å². The second kappa shape index (κ2) is 4.81. The van der Waals surface area contributed by atoms with Crippen molar-refractivity contribution in [2.24, 2.45) is 0 Å². The molecule has 0 radical (unpaired) electrons. The van der Waals surface area contributed by atoms with Gasteiger partial charge in [-0.1, -0.05) is 30.3 Å². The number of hydrogen-bond donors (Lipinski definition) is 1. The average Bonchev–Trinajstić information content (AvgIpc) is 2.83. The number of para-hydroxylation sites is 1. The van der Waals surface area contributed by atoms with Gasteiger partial charge in [0.15, 0.2) is 0 Å². The number of Topliss-reactive ketones (excluding diaryl/α,β-unsaturated/α-hetero) is 1. The summed E-state index contributed by atoms with van der Waals surface area (Å²) < 4.78 is 5.75. The van der Waals surface area contributed by atoms with Crippen molar-refractivity contribution < 1.29 is 19.1 Å². The van der Waals surface area contributed by atoms with Crippen LogP contribution in [-0.2, 0) is 16.0 Å². The molecule has 3 rings (SSSR count). The lowest BCUT2D eigenvalue weighted by Crippen LogP contribution is -2.12. The Kier molecular flexibility index (Phi) is 2.99. The van der Waals surface area contributed by atoms with E-state index in [4.69, 9.17) is 9.52 Å². The molecule has 0 aliphatic heterocycles. The van der Waals surface area contributed by atoms with Crippen LogP contribution in [0, 0.1) is 0 Å². The van der Waals surface area contributed by atoms with E-state index in [1.807, 2.05) is 42.5 Å². The van der Waals surface area contributed by atoms with Gasteiger partial charge in [0, 0.05) is 17.2 Å². The summed E-state index contributed by atoms with van der Waals surface area (Å²) in [7, 11) is 0. The Hall–Kier alpha value is -2.62. The van der Waals surface area contributed by atoms with Gasteiger partial charge in [0.2, 0.25) is 5.78 Å². The fourth-order valence-electron chi connectivity index (χ4n) is 2.41. The number of rotatable bonds is 4. The molecule has 4 heteroatoms. The molecule has 2 aromatic carbocycles. The molecule has 20 heavy (non-hydrogen) atoms. The number of aliphatic carboxylic acids is 1. The van der Waals surface area contributed by atoms with Crippen LogP contribution in [0.25, 0.3) is 21.9 Å². The van der Waals surface area contributed by atoms with Crippen molar-refractivity contribution in [1.29, 1.82) is 0 Å². The number of aryl methyl sites for hydroxylation is 1. The van der Waals surface area contributed by atoms with E-state index in [0.717, 1.165) is 27.5 Å². The van der Waals surface area contributed by atoms with Crippen molar-refractivity contribution in [3.05, 3.63) is 48.0 Å². The molecule has 1 heterocycles. The van der Waals surface area contributed by atoms with Gasteiger partial charge in [0.25, 0.3) is 0 Å². The lowest BCUT2D eigenvalue weighted by molar-refractivity contribution is -0.149. The fraction of sp³-hybridized carbons (Fsp3) is 0.125. The maximum atomic E-state index is 11.2. The maximum absolute atomic E-state index is 11.2. The van der Waals surface area contributed by atoms with Crippen LogP contribution in [0.15, 0.2) is 46.9 Å². The summed E-state index contributed by atoms with van der Waals surface area (Å²) in [6, 6.07) is 13.3. The SMILES string of the molecule is O=C(O)C(=O)CCc1cccc2oc3ccccc3c12. The highest BCUT2D eigenvalue weighted by Gasteiger charge is 2.14. The van der Waals surface area contributed by atoms with Gasteiger partial charge in [-0.25, -0.2) is 4.79 Å². The van der Waals surface area contributed by atoms with Gasteiger partial charge in [-0.2, -0.15) is 0 Å². The summed E-state index contributed by atoms with van der Waals surface area (Å²) in [6.45, 7) is 0. The van der Waals surface area contributed by atoms with Gasteiger partial charge in [-0.3, -0.25) is 4.79 Å². The van der Waals surface area contributed by atoms with E-state index in [-0.39, 0.29) is 6.42 Å². The van der Waals surface area contributed by atoms with Crippen molar-refractivity contribution >= 4 is 33.7 Å². The van der Waals surface area contributed by atoms with E-state index >= 15 is 0 Å². The summed E-state index contributed by atoms with van der Waals surface area (Å²) in [5.41, 5.74) is 2.48. The number of benzene rings is 2. The number of carbonyl (C=O) groups is 2. The highest BCUT2D eigenvalue weighted by Crippen LogP contribution is 2.31. The summed E-state index contributed by atoms with van der Waals surface area (Å²) in [5.74, 6) is -2.15. The molecule has 0 saturated heterocycles. The van der Waals surface area contributed by atoms with Gasteiger partial charge in [0.1, 0.15) is 11.2 Å². The van der Waals surface area contributed by atoms with Crippen molar-refractivity contribution in [2.45, 2.75) is 12.8 Å². The van der Waals surface area contributed by atoms with Gasteiger partial charge in [0.05, 0.1) is 0 Å². The Morgan fingerprint density at radius 1 is 1.00 bits per heavy atom. The molecule has 100 valence electrons. The third-order valence-electron chi connectivity index (χ3n) is 3.35. The molecular weight excluding hydrogens is 256 g/mol. The second-order valence-electron chi connectivity index (χ2n) is 4.62.